The van der Waals surface area contributed by atoms with Crippen molar-refractivity contribution in [2.24, 2.45) is 17.1 Å². The van der Waals surface area contributed by atoms with Crippen molar-refractivity contribution in [2.75, 3.05) is 32.4 Å². The lowest BCUT2D eigenvalue weighted by Gasteiger charge is -2.41. The minimum atomic E-state index is -1.42. The van der Waals surface area contributed by atoms with Crippen LogP contribution in [-0.2, 0) is 38.4 Å². The van der Waals surface area contributed by atoms with E-state index in [4.69, 9.17) is 10.8 Å². The van der Waals surface area contributed by atoms with E-state index in [9.17, 15) is 43.5 Å². The highest BCUT2D eigenvalue weighted by atomic mass is 32.2. The molecule has 316 valence electrons. The Balaban J connectivity index is 2.02. The van der Waals surface area contributed by atoms with Crippen molar-refractivity contribution in [3.63, 3.8) is 0 Å². The van der Waals surface area contributed by atoms with Gasteiger partial charge in [-0.2, -0.15) is 0 Å². The lowest BCUT2D eigenvalue weighted by molar-refractivity contribution is -0.142. The van der Waals surface area contributed by atoms with Crippen molar-refractivity contribution in [3.8, 4) is 0 Å². The molecular formula is C38H63N7O10S. The number of carboxylic acids is 2. The molecule has 1 unspecified atom stereocenters. The third kappa shape index (κ3) is 13.9. The SMILES string of the molecule is C/C(=C\[C@H](C(C)C)N(C)C(=O)[C@@H](NC(=O)[C@H]1CCCCN1C(C)C)C(C)(C)C)C(=O)N[C@H](CCC(=O)NCCN1C(=O)CC(SC[C@H](N)C(=O)O)C1=O)C(=O)O. The highest BCUT2D eigenvalue weighted by Crippen LogP contribution is 2.27. The summed E-state index contributed by atoms with van der Waals surface area (Å²) in [6.07, 6.45) is 3.59. The minimum absolute atomic E-state index is 0.0494. The molecule has 0 radical (unpaired) electrons. The number of imide groups is 1. The van der Waals surface area contributed by atoms with Gasteiger partial charge in [-0.25, -0.2) is 4.79 Å². The zero-order valence-corrected chi connectivity index (χ0v) is 35.1. The van der Waals surface area contributed by atoms with Gasteiger partial charge in [0.05, 0.1) is 17.3 Å². The van der Waals surface area contributed by atoms with Crippen LogP contribution in [0.1, 0.15) is 93.9 Å². The highest BCUT2D eigenvalue weighted by molar-refractivity contribution is 8.00. The second-order valence-electron chi connectivity index (χ2n) is 16.3. The molecule has 6 atom stereocenters. The third-order valence-electron chi connectivity index (χ3n) is 10.1. The van der Waals surface area contributed by atoms with Crippen molar-refractivity contribution < 1.29 is 48.6 Å². The summed E-state index contributed by atoms with van der Waals surface area (Å²) in [5.41, 5.74) is 5.00. The summed E-state index contributed by atoms with van der Waals surface area (Å²) in [6.45, 7) is 15.6. The van der Waals surface area contributed by atoms with E-state index in [2.05, 4.69) is 34.7 Å². The summed E-state index contributed by atoms with van der Waals surface area (Å²) >= 11 is 0.980. The number of hydrogen-bond donors (Lipinski definition) is 6. The minimum Gasteiger partial charge on any atom is -0.480 e. The van der Waals surface area contributed by atoms with E-state index in [1.807, 2.05) is 34.6 Å². The van der Waals surface area contributed by atoms with E-state index in [1.165, 1.54) is 11.8 Å². The molecule has 0 saturated carbocycles. The summed E-state index contributed by atoms with van der Waals surface area (Å²) in [7, 11) is 1.62. The fourth-order valence-electron chi connectivity index (χ4n) is 6.68. The second kappa shape index (κ2) is 21.5. The molecule has 0 aromatic carbocycles. The first kappa shape index (κ1) is 48.1. The van der Waals surface area contributed by atoms with E-state index in [0.29, 0.717) is 6.42 Å². The number of nitrogens with zero attached hydrogens (tertiary/aromatic N) is 3. The fourth-order valence-corrected chi connectivity index (χ4v) is 7.80. The third-order valence-corrected chi connectivity index (χ3v) is 11.4. The van der Waals surface area contributed by atoms with E-state index in [1.54, 1.807) is 13.1 Å². The van der Waals surface area contributed by atoms with Crippen molar-refractivity contribution in [1.29, 1.82) is 0 Å². The lowest BCUT2D eigenvalue weighted by Crippen LogP contribution is -2.60. The van der Waals surface area contributed by atoms with Gasteiger partial charge >= 0.3 is 11.9 Å². The number of likely N-dealkylation sites (N-methyl/N-ethyl adjacent to an activating group) is 1. The van der Waals surface area contributed by atoms with Gasteiger partial charge in [-0.05, 0) is 57.9 Å². The van der Waals surface area contributed by atoms with Crippen LogP contribution in [-0.4, -0.2) is 146 Å². The highest BCUT2D eigenvalue weighted by Gasteiger charge is 2.41. The zero-order chi connectivity index (χ0) is 42.7. The van der Waals surface area contributed by atoms with Crippen LogP contribution < -0.4 is 21.7 Å². The van der Waals surface area contributed by atoms with Crippen molar-refractivity contribution in [1.82, 2.24) is 30.7 Å². The summed E-state index contributed by atoms with van der Waals surface area (Å²) in [4.78, 5) is 106. The molecule has 0 aromatic rings. The molecule has 2 aliphatic heterocycles. The van der Waals surface area contributed by atoms with Crippen molar-refractivity contribution >= 4 is 59.1 Å². The Hall–Kier alpha value is -4.03. The van der Waals surface area contributed by atoms with Crippen LogP contribution in [0.2, 0.25) is 0 Å². The molecule has 0 bridgehead atoms. The zero-order valence-electron chi connectivity index (χ0n) is 34.3. The molecule has 7 N–H and O–H groups in total. The van der Waals surface area contributed by atoms with E-state index in [0.717, 1.165) is 36.0 Å². The van der Waals surface area contributed by atoms with Crippen LogP contribution in [0.25, 0.3) is 0 Å². The molecule has 2 aliphatic rings. The molecule has 0 spiro atoms. The molecule has 56 heavy (non-hydrogen) atoms. The lowest BCUT2D eigenvalue weighted by atomic mass is 9.84. The van der Waals surface area contributed by atoms with Crippen LogP contribution in [0.4, 0.5) is 0 Å². The number of thioether (sulfide) groups is 1. The Morgan fingerprint density at radius 3 is 2.21 bits per heavy atom. The maximum Gasteiger partial charge on any atom is 0.326 e. The van der Waals surface area contributed by atoms with Crippen molar-refractivity contribution in [3.05, 3.63) is 11.6 Å². The van der Waals surface area contributed by atoms with Gasteiger partial charge in [0, 0.05) is 50.3 Å². The number of carbonyl (C=O) groups is 8. The van der Waals surface area contributed by atoms with Crippen LogP contribution >= 0.6 is 11.8 Å². The average molecular weight is 810 g/mol. The molecule has 2 rings (SSSR count). The smallest absolute Gasteiger partial charge is 0.326 e. The normalized spacial score (nSPS) is 20.4. The number of nitrogens with one attached hydrogen (secondary N) is 3. The Labute approximate surface area is 334 Å². The quantitative estimate of drug-likeness (QED) is 0.0742. The monoisotopic (exact) mass is 809 g/mol. The van der Waals surface area contributed by atoms with Gasteiger partial charge < -0.3 is 36.8 Å². The largest absolute Gasteiger partial charge is 0.480 e. The molecule has 0 aromatic heterocycles. The predicted molar refractivity (Wildman–Crippen MR) is 211 cm³/mol. The van der Waals surface area contributed by atoms with Gasteiger partial charge in [-0.3, -0.25) is 43.4 Å². The predicted octanol–water partition coefficient (Wildman–Crippen LogP) is 0.948. The summed E-state index contributed by atoms with van der Waals surface area (Å²) < 4.78 is 0. The summed E-state index contributed by atoms with van der Waals surface area (Å²) in [6, 6.07) is -4.21. The Morgan fingerprint density at radius 2 is 1.66 bits per heavy atom. The topological polar surface area (TPSA) is 249 Å². The van der Waals surface area contributed by atoms with E-state index < -0.39 is 70.4 Å². The molecule has 18 heteroatoms. The van der Waals surface area contributed by atoms with Crippen molar-refractivity contribution in [2.45, 2.75) is 135 Å². The van der Waals surface area contributed by atoms with Gasteiger partial charge in [0.2, 0.25) is 35.4 Å². The maximum atomic E-state index is 14.1. The Morgan fingerprint density at radius 1 is 1.02 bits per heavy atom. The van der Waals surface area contributed by atoms with Crippen LogP contribution in [0.15, 0.2) is 11.6 Å². The number of aliphatic carboxylic acids is 2. The van der Waals surface area contributed by atoms with E-state index in [-0.39, 0.29) is 73.5 Å². The van der Waals surface area contributed by atoms with Gasteiger partial charge in [-0.1, -0.05) is 47.1 Å². The average Bonchev–Trinajstić information content (AvgIpc) is 3.39. The number of carboxylic acid groups (broad SMARTS) is 2. The first-order chi connectivity index (χ1) is 26.0. The van der Waals surface area contributed by atoms with E-state index >= 15 is 0 Å². The summed E-state index contributed by atoms with van der Waals surface area (Å²) in [5, 5.41) is 26.0. The first-order valence-electron chi connectivity index (χ1n) is 19.2. The Kier molecular flexibility index (Phi) is 18.5. The number of hydrogen-bond acceptors (Lipinski definition) is 11. The standard InChI is InChI=1S/C38H63N7O10S/c1-21(2)27(43(9)35(51)31(38(6,7)8)42-33(49)26-12-10-11-16-44(26)22(3)4)18-23(5)32(48)41-25(37(54)55)13-14-29(46)40-15-17-45-30(47)19-28(34(45)50)56-20-24(39)36(52)53/h18,21-22,24-28,31H,10-17,19-20,39H2,1-9H3,(H,40,46)(H,41,48)(H,42,49)(H,52,53)(H,54,55)/b23-18+/t24-,25+,26+,27+,28?,31+/m0/s1. The van der Waals surface area contributed by atoms with Gasteiger partial charge in [0.15, 0.2) is 0 Å². The number of nitrogens with two attached hydrogens (primary N) is 1. The van der Waals surface area contributed by atoms with Gasteiger partial charge in [-0.15, -0.1) is 11.8 Å². The Bertz CT molecular complexity index is 1500. The summed E-state index contributed by atoms with van der Waals surface area (Å²) in [5.74, 6) is -5.54. The molecule has 6 amide bonds. The van der Waals surface area contributed by atoms with Gasteiger partial charge in [0.1, 0.15) is 18.1 Å². The molecular weight excluding hydrogens is 747 g/mol. The number of likely N-dealkylation sites (tertiary alicyclic amines) is 2. The molecule has 17 nitrogen and oxygen atoms in total. The van der Waals surface area contributed by atoms with Crippen LogP contribution in [0.5, 0.6) is 0 Å². The molecule has 2 heterocycles. The number of amides is 6. The number of carbonyl (C=O) groups excluding carboxylic acids is 6. The fraction of sp³-hybridized carbons (Fsp3) is 0.737. The molecule has 0 aliphatic carbocycles. The number of rotatable bonds is 20. The van der Waals surface area contributed by atoms with Crippen LogP contribution in [0.3, 0.4) is 0 Å². The maximum absolute atomic E-state index is 14.1. The van der Waals surface area contributed by atoms with Crippen LogP contribution in [0, 0.1) is 11.3 Å². The second-order valence-corrected chi connectivity index (χ2v) is 17.5. The molecule has 2 fully saturated rings. The van der Waals surface area contributed by atoms with Gasteiger partial charge in [0.25, 0.3) is 0 Å². The number of piperidine rings is 1. The first-order valence-corrected chi connectivity index (χ1v) is 20.3. The molecule has 2 saturated heterocycles.